The second kappa shape index (κ2) is 18.4. The topological polar surface area (TPSA) is 311 Å². The number of amides is 1. The van der Waals surface area contributed by atoms with Crippen LogP contribution >= 0.6 is 12.2 Å². The normalized spacial score (nSPS) is 17.4. The third kappa shape index (κ3) is 10.2. The Labute approximate surface area is 328 Å². The lowest BCUT2D eigenvalue weighted by molar-refractivity contribution is -0.147. The number of aromatic carboxylic acids is 1. The molecule has 19 nitrogen and oxygen atoms in total. The molecule has 0 bridgehead atoms. The van der Waals surface area contributed by atoms with Crippen LogP contribution in [0.1, 0.15) is 17.3 Å². The van der Waals surface area contributed by atoms with Crippen LogP contribution in [0.3, 0.4) is 0 Å². The molecule has 20 heteroatoms. The third-order valence-electron chi connectivity index (χ3n) is 8.79. The van der Waals surface area contributed by atoms with Gasteiger partial charge in [-0.3, -0.25) is 4.79 Å². The Kier molecular flexibility index (Phi) is 13.5. The van der Waals surface area contributed by atoms with Crippen LogP contribution in [0.15, 0.2) is 80.6 Å². The highest BCUT2D eigenvalue weighted by Gasteiger charge is 2.43. The highest BCUT2D eigenvalue weighted by molar-refractivity contribution is 7.80. The average Bonchev–Trinajstić information content (AvgIpc) is 3.15. The minimum absolute atomic E-state index is 0.0221. The van der Waals surface area contributed by atoms with Gasteiger partial charge in [0, 0.05) is 53.3 Å². The van der Waals surface area contributed by atoms with Crippen molar-refractivity contribution in [1.29, 1.82) is 0 Å². The second-order valence-corrected chi connectivity index (χ2v) is 13.2. The number of phenolic OH excluding ortho intramolecular Hbond substituents is 1. The SMILES string of the molecule is C[C@H]1[C@H]([C@H](OC(=O)NCCOCCNC(=S)Nc2ccc(-c3c4ccc(=O)cc-4oc4cc(O)ccc34)c(C(=O)O)c2)[C@H](O)CO)OC(C(=O)O)=C[C@@H]1N=C(N)N. The van der Waals surface area contributed by atoms with Crippen molar-refractivity contribution in [2.75, 3.05) is 38.2 Å². The number of aliphatic hydroxyl groups excluding tert-OH is 2. The number of nitrogens with two attached hydrogens (primary N) is 2. The first-order valence-electron chi connectivity index (χ1n) is 17.3. The van der Waals surface area contributed by atoms with Gasteiger partial charge >= 0.3 is 18.0 Å². The number of benzene rings is 3. The fourth-order valence-corrected chi connectivity index (χ4v) is 6.37. The van der Waals surface area contributed by atoms with Crippen LogP contribution < -0.4 is 32.8 Å². The number of aromatic hydroxyl groups is 1. The summed E-state index contributed by atoms with van der Waals surface area (Å²) in [6.45, 7) is 1.10. The number of carbonyl (C=O) groups excluding carboxylic acids is 1. The molecule has 2 aromatic rings. The van der Waals surface area contributed by atoms with Crippen LogP contribution in [-0.2, 0) is 19.0 Å². The second-order valence-electron chi connectivity index (χ2n) is 12.7. The van der Waals surface area contributed by atoms with Crippen molar-refractivity contribution in [2.24, 2.45) is 22.4 Å². The summed E-state index contributed by atoms with van der Waals surface area (Å²) in [4.78, 5) is 52.9. The minimum Gasteiger partial charge on any atom is -0.508 e. The molecule has 2 heterocycles. The number of hydrogen-bond acceptors (Lipinski definition) is 13. The molecule has 12 N–H and O–H groups in total. The number of phenols is 1. The van der Waals surface area contributed by atoms with Crippen LogP contribution in [0.4, 0.5) is 10.5 Å². The molecule has 5 atom stereocenters. The number of nitrogens with zero attached hydrogens (tertiary/aromatic N) is 1. The predicted octanol–water partition coefficient (Wildman–Crippen LogP) is 1.37. The van der Waals surface area contributed by atoms with Crippen molar-refractivity contribution in [1.82, 2.24) is 10.6 Å². The number of carboxylic acids is 2. The number of alkyl carbamates (subject to hydrolysis) is 1. The van der Waals surface area contributed by atoms with E-state index in [1.165, 1.54) is 36.4 Å². The van der Waals surface area contributed by atoms with Crippen molar-refractivity contribution in [3.63, 3.8) is 0 Å². The Morgan fingerprint density at radius 3 is 2.39 bits per heavy atom. The van der Waals surface area contributed by atoms with Gasteiger partial charge in [0.1, 0.15) is 29.3 Å². The van der Waals surface area contributed by atoms with E-state index in [-0.39, 0.29) is 65.5 Å². The number of hydrogen-bond donors (Lipinski definition) is 10. The number of nitrogens with one attached hydrogen (secondary N) is 3. The summed E-state index contributed by atoms with van der Waals surface area (Å²) in [5.74, 6) is -4.06. The Hall–Kier alpha value is -6.48. The molecule has 0 spiro atoms. The van der Waals surface area contributed by atoms with Gasteiger partial charge in [-0.1, -0.05) is 13.0 Å². The molecule has 3 aliphatic rings. The van der Waals surface area contributed by atoms with Gasteiger partial charge in [0.15, 0.2) is 22.6 Å². The zero-order valence-corrected chi connectivity index (χ0v) is 31.0. The summed E-state index contributed by atoms with van der Waals surface area (Å²) < 4.78 is 22.2. The van der Waals surface area contributed by atoms with Gasteiger partial charge in [0.25, 0.3) is 0 Å². The Bertz CT molecular complexity index is 2240. The van der Waals surface area contributed by atoms with Crippen LogP contribution in [-0.4, -0.2) is 112 Å². The van der Waals surface area contributed by atoms with Gasteiger partial charge in [-0.2, -0.15) is 0 Å². The molecule has 302 valence electrons. The number of carbonyl (C=O) groups is 3. The van der Waals surface area contributed by atoms with Crippen molar-refractivity contribution < 1.29 is 58.5 Å². The van der Waals surface area contributed by atoms with E-state index in [4.69, 9.17) is 42.3 Å². The quantitative estimate of drug-likeness (QED) is 0.0266. The first kappa shape index (κ1) is 41.7. The zero-order chi connectivity index (χ0) is 41.4. The Morgan fingerprint density at radius 1 is 0.982 bits per heavy atom. The largest absolute Gasteiger partial charge is 0.508 e. The number of carboxylic acid groups (broad SMARTS) is 2. The smallest absolute Gasteiger partial charge is 0.407 e. The number of aliphatic hydroxyl groups is 2. The number of anilines is 1. The number of rotatable bonds is 15. The number of ether oxygens (including phenoxy) is 3. The maximum absolute atomic E-state index is 12.6. The lowest BCUT2D eigenvalue weighted by Gasteiger charge is -2.38. The molecule has 2 aromatic carbocycles. The number of aliphatic imine (C=N–C) groups is 1. The highest BCUT2D eigenvalue weighted by Crippen LogP contribution is 2.42. The summed E-state index contributed by atoms with van der Waals surface area (Å²) >= 11 is 5.37. The molecule has 5 rings (SSSR count). The number of aliphatic carboxylic acids is 1. The Morgan fingerprint density at radius 2 is 1.70 bits per heavy atom. The standard InChI is InChI=1S/C37H40N6O13S/c1-17-25(43-35(38)39)15-29(34(50)51)55-31(17)32(26(47)16-44)56-37(52)41-9-11-53-10-8-40-36(57)42-18-2-5-21(24(12-18)33(48)49)30-22-6-3-19(45)13-27(22)54-28-14-20(46)4-7-23(28)30/h2-7,12-15,17,25-26,31-32,44-45,47H,8-11,16H2,1H3,(H,41,52)(H,48,49)(H,50,51)(H4,38,39,43)(H2,40,42,57)/t17-,25+,26-,31-,32-/m1/s1. The Balaban J connectivity index is 1.13. The fraction of sp³-hybridized carbons (Fsp3) is 0.297. The van der Waals surface area contributed by atoms with Crippen molar-refractivity contribution in [3.05, 3.63) is 82.2 Å². The van der Waals surface area contributed by atoms with E-state index in [2.05, 4.69) is 20.9 Å². The van der Waals surface area contributed by atoms with E-state index < -0.39 is 60.7 Å². The van der Waals surface area contributed by atoms with Gasteiger partial charge in [0.2, 0.25) is 5.76 Å². The van der Waals surface area contributed by atoms with E-state index in [9.17, 15) is 44.7 Å². The van der Waals surface area contributed by atoms with Crippen LogP contribution in [0.25, 0.3) is 33.4 Å². The van der Waals surface area contributed by atoms with Crippen molar-refractivity contribution in [3.8, 4) is 28.2 Å². The van der Waals surface area contributed by atoms with E-state index in [1.54, 1.807) is 31.2 Å². The maximum Gasteiger partial charge on any atom is 0.407 e. The molecular weight excluding hydrogens is 769 g/mol. The summed E-state index contributed by atoms with van der Waals surface area (Å²) in [7, 11) is 0. The molecule has 2 aliphatic heterocycles. The summed E-state index contributed by atoms with van der Waals surface area (Å²) in [6, 6.07) is 12.4. The van der Waals surface area contributed by atoms with E-state index in [1.807, 2.05) is 0 Å². The van der Waals surface area contributed by atoms with Crippen LogP contribution in [0.2, 0.25) is 0 Å². The van der Waals surface area contributed by atoms with Gasteiger partial charge in [-0.15, -0.1) is 0 Å². The molecule has 1 aliphatic carbocycles. The van der Waals surface area contributed by atoms with Gasteiger partial charge in [0.05, 0.1) is 31.4 Å². The number of thiocarbonyl (C=S) groups is 1. The third-order valence-corrected chi connectivity index (χ3v) is 9.03. The molecule has 1 amide bonds. The number of fused-ring (bicyclic) bond motifs is 2. The van der Waals surface area contributed by atoms with Crippen molar-refractivity contribution in [2.45, 2.75) is 31.3 Å². The average molecular weight is 809 g/mol. The maximum atomic E-state index is 12.6. The highest BCUT2D eigenvalue weighted by atomic mass is 32.1. The van der Waals surface area contributed by atoms with Gasteiger partial charge < -0.3 is 71.6 Å². The zero-order valence-electron chi connectivity index (χ0n) is 30.2. The molecule has 0 saturated heterocycles. The van der Waals surface area contributed by atoms with E-state index in [0.717, 1.165) is 0 Å². The summed E-state index contributed by atoms with van der Waals surface area (Å²) in [6.07, 6.45) is -4.23. The van der Waals surface area contributed by atoms with E-state index in [0.29, 0.717) is 27.8 Å². The number of guanidine groups is 1. The van der Waals surface area contributed by atoms with Crippen LogP contribution in [0.5, 0.6) is 5.75 Å². The van der Waals surface area contributed by atoms with Gasteiger partial charge in [-0.05, 0) is 60.3 Å². The predicted molar refractivity (Wildman–Crippen MR) is 209 cm³/mol. The molecular formula is C37H40N6O13S. The fourth-order valence-electron chi connectivity index (χ4n) is 6.15. The lowest BCUT2D eigenvalue weighted by atomic mass is 9.87. The first-order chi connectivity index (χ1) is 27.2. The molecule has 0 aromatic heterocycles. The molecule has 0 radical (unpaired) electrons. The summed E-state index contributed by atoms with van der Waals surface area (Å²) in [5.41, 5.74) is 12.5. The molecule has 0 unspecified atom stereocenters. The molecule has 0 saturated carbocycles. The van der Waals surface area contributed by atoms with Gasteiger partial charge in [-0.25, -0.2) is 19.4 Å². The van der Waals surface area contributed by atoms with E-state index >= 15 is 0 Å². The monoisotopic (exact) mass is 808 g/mol. The van der Waals surface area contributed by atoms with Crippen molar-refractivity contribution >= 4 is 58.0 Å². The molecule has 0 fully saturated rings. The molecule has 57 heavy (non-hydrogen) atoms. The summed E-state index contributed by atoms with van der Waals surface area (Å²) in [5, 5.41) is 58.8. The minimum atomic E-state index is -1.64. The lowest BCUT2D eigenvalue weighted by Crippen LogP contribution is -2.52. The first-order valence-corrected chi connectivity index (χ1v) is 17.7. The van der Waals surface area contributed by atoms with Crippen LogP contribution in [0, 0.1) is 5.92 Å².